The zero-order valence-electron chi connectivity index (χ0n) is 12.5. The van der Waals surface area contributed by atoms with Gasteiger partial charge >= 0.3 is 0 Å². The van der Waals surface area contributed by atoms with Gasteiger partial charge in [-0.25, -0.2) is 14.1 Å². The third-order valence-electron chi connectivity index (χ3n) is 3.80. The molecule has 0 amide bonds. The van der Waals surface area contributed by atoms with Crippen molar-refractivity contribution < 1.29 is 13.5 Å². The van der Waals surface area contributed by atoms with Gasteiger partial charge in [0.05, 0.1) is 6.04 Å². The number of fused-ring (bicyclic) bond motifs is 1. The lowest BCUT2D eigenvalue weighted by Gasteiger charge is -2.34. The third kappa shape index (κ3) is 3.57. The minimum atomic E-state index is -0.659. The molecule has 0 bridgehead atoms. The first-order valence-corrected chi connectivity index (χ1v) is 7.49. The molecule has 0 aromatic heterocycles. The summed E-state index contributed by atoms with van der Waals surface area (Å²) in [7, 11) is 1.88. The Kier molecular flexibility index (Phi) is 5.78. The van der Waals surface area contributed by atoms with Crippen LogP contribution in [0.4, 0.5) is 8.78 Å². The smallest absolute Gasteiger partial charge is 0.200 e. The first kappa shape index (κ1) is 17.9. The number of hydrogen-bond acceptors (Lipinski definition) is 3. The Balaban J connectivity index is 0.00000192. The number of rotatable bonds is 4. The highest BCUT2D eigenvalue weighted by molar-refractivity contribution is 7.80. The topological polar surface area (TPSA) is 38.6 Å². The van der Waals surface area contributed by atoms with Crippen molar-refractivity contribution in [2.24, 2.45) is 0 Å². The Labute approximate surface area is 145 Å². The first-order valence-electron chi connectivity index (χ1n) is 7.08. The van der Waals surface area contributed by atoms with Crippen LogP contribution in [-0.2, 0) is 6.42 Å². The van der Waals surface area contributed by atoms with Crippen LogP contribution in [0.5, 0.6) is 5.75 Å². The quantitative estimate of drug-likeness (QED) is 0.837. The summed E-state index contributed by atoms with van der Waals surface area (Å²) in [4.78, 5) is 1.93. The Morgan fingerprint density at radius 3 is 2.96 bits per heavy atom. The van der Waals surface area contributed by atoms with Crippen molar-refractivity contribution in [3.63, 3.8) is 0 Å². The van der Waals surface area contributed by atoms with Crippen molar-refractivity contribution in [2.75, 3.05) is 20.2 Å². The number of nitrogens with one attached hydrogen (secondary N) is 1. The summed E-state index contributed by atoms with van der Waals surface area (Å²) < 4.78 is 32.6. The number of nitrogens with zero attached hydrogens (tertiary/aromatic N) is 2. The first-order chi connectivity index (χ1) is 10.6. The maximum atomic E-state index is 13.7. The fraction of sp³-hybridized carbons (Fsp3) is 0.400. The molecule has 1 aromatic carbocycles. The second-order valence-corrected chi connectivity index (χ2v) is 5.67. The summed E-state index contributed by atoms with van der Waals surface area (Å²) in [5.74, 6) is -1.12. The molecule has 2 aliphatic rings. The van der Waals surface area contributed by atoms with E-state index in [4.69, 9.17) is 17.0 Å². The van der Waals surface area contributed by atoms with Gasteiger partial charge in [0.2, 0.25) is 0 Å². The maximum absolute atomic E-state index is 13.7. The van der Waals surface area contributed by atoms with Crippen molar-refractivity contribution in [1.82, 2.24) is 15.5 Å². The summed E-state index contributed by atoms with van der Waals surface area (Å²) >= 11 is 5.28. The lowest BCUT2D eigenvalue weighted by atomic mass is 10.0. The number of benzene rings is 1. The lowest BCUT2D eigenvalue weighted by molar-refractivity contribution is 0.188. The average molecular weight is 361 g/mol. The molecule has 1 N–H and O–H groups in total. The molecule has 125 valence electrons. The molecular weight excluding hydrogens is 344 g/mol. The standard InChI is InChI=1S/C15H16F2N3OS.ClH/c1-18-3-2-11-7-19-15(22)20(11)12-5-9-4-10(16)6-13(17)14(9)21-8-12;/h4,6-7,12,18H,2-3,5,8H2,1H3;1H/t12-;/m1./s1. The number of halogens is 3. The molecule has 2 heterocycles. The van der Waals surface area contributed by atoms with Crippen molar-refractivity contribution in [3.8, 4) is 5.75 Å². The second kappa shape index (κ2) is 7.42. The highest BCUT2D eigenvalue weighted by Gasteiger charge is 2.33. The summed E-state index contributed by atoms with van der Waals surface area (Å²) in [6, 6.07) is 2.06. The number of hydrogen-bond donors (Lipinski definition) is 1. The highest BCUT2D eigenvalue weighted by atomic mass is 35.5. The van der Waals surface area contributed by atoms with Gasteiger partial charge in [0.25, 0.3) is 0 Å². The minimum Gasteiger partial charge on any atom is -0.488 e. The fourth-order valence-corrected chi connectivity index (χ4v) is 3.11. The van der Waals surface area contributed by atoms with E-state index in [2.05, 4.69) is 10.6 Å². The number of thiocarbonyl (C=S) groups is 1. The maximum Gasteiger partial charge on any atom is 0.200 e. The van der Waals surface area contributed by atoms with Crippen molar-refractivity contribution >= 4 is 29.7 Å². The van der Waals surface area contributed by atoms with Crippen LogP contribution < -0.4 is 15.4 Å². The zero-order chi connectivity index (χ0) is 15.7. The van der Waals surface area contributed by atoms with Crippen LogP contribution in [0.15, 0.2) is 24.0 Å². The van der Waals surface area contributed by atoms with Gasteiger partial charge in [-0.05, 0) is 25.3 Å². The summed E-state index contributed by atoms with van der Waals surface area (Å²) in [6.07, 6.45) is 3.00. The Hall–Kier alpha value is -1.44. The summed E-state index contributed by atoms with van der Waals surface area (Å²) in [6.45, 7) is 1.09. The second-order valence-electron chi connectivity index (χ2n) is 5.30. The van der Waals surface area contributed by atoms with Crippen LogP contribution in [0.2, 0.25) is 0 Å². The molecule has 8 heteroatoms. The Morgan fingerprint density at radius 2 is 2.22 bits per heavy atom. The van der Waals surface area contributed by atoms with Gasteiger partial charge in [0.1, 0.15) is 12.4 Å². The highest BCUT2D eigenvalue weighted by Crippen LogP contribution is 2.32. The molecule has 1 radical (unpaired) electrons. The van der Waals surface area contributed by atoms with E-state index in [9.17, 15) is 8.78 Å². The van der Waals surface area contributed by atoms with E-state index in [1.165, 1.54) is 6.07 Å². The average Bonchev–Trinajstić information content (AvgIpc) is 2.85. The predicted octanol–water partition coefficient (Wildman–Crippen LogP) is 2.35. The van der Waals surface area contributed by atoms with E-state index in [0.29, 0.717) is 23.7 Å². The van der Waals surface area contributed by atoms with Gasteiger partial charge in [-0.3, -0.25) is 0 Å². The van der Waals surface area contributed by atoms with Crippen molar-refractivity contribution in [1.29, 1.82) is 0 Å². The van der Waals surface area contributed by atoms with Crippen LogP contribution in [0.1, 0.15) is 12.0 Å². The van der Waals surface area contributed by atoms with Crippen LogP contribution in [0.3, 0.4) is 0 Å². The van der Waals surface area contributed by atoms with Gasteiger partial charge < -0.3 is 15.0 Å². The molecular formula is C15H17ClF2N3OS. The number of ether oxygens (including phenoxy) is 1. The third-order valence-corrected chi connectivity index (χ3v) is 4.10. The molecule has 3 rings (SSSR count). The monoisotopic (exact) mass is 360 g/mol. The van der Waals surface area contributed by atoms with E-state index >= 15 is 0 Å². The molecule has 0 spiro atoms. The van der Waals surface area contributed by atoms with Crippen LogP contribution >= 0.6 is 24.6 Å². The Bertz CT molecular complexity index is 641. The van der Waals surface area contributed by atoms with E-state index in [1.807, 2.05) is 11.9 Å². The molecule has 0 saturated heterocycles. The van der Waals surface area contributed by atoms with Gasteiger partial charge in [-0.2, -0.15) is 0 Å². The SMILES string of the molecule is CNCCC1=C[N]C(=S)N1[C@H]1COc2c(F)cc(F)cc2C1.Cl. The zero-order valence-corrected chi connectivity index (χ0v) is 14.1. The molecule has 0 saturated carbocycles. The predicted molar refractivity (Wildman–Crippen MR) is 89.8 cm³/mol. The molecule has 2 aliphatic heterocycles. The van der Waals surface area contributed by atoms with Gasteiger partial charge in [-0.15, -0.1) is 12.4 Å². The molecule has 0 unspecified atom stereocenters. The fourth-order valence-electron chi connectivity index (χ4n) is 2.79. The molecule has 1 aromatic rings. The van der Waals surface area contributed by atoms with Crippen molar-refractivity contribution in [3.05, 3.63) is 41.2 Å². The lowest BCUT2D eigenvalue weighted by Crippen LogP contribution is -2.44. The summed E-state index contributed by atoms with van der Waals surface area (Å²) in [5, 5.41) is 7.73. The summed E-state index contributed by atoms with van der Waals surface area (Å²) in [5.41, 5.74) is 1.52. The molecule has 23 heavy (non-hydrogen) atoms. The molecule has 0 fully saturated rings. The van der Waals surface area contributed by atoms with E-state index in [0.717, 1.165) is 24.7 Å². The van der Waals surface area contributed by atoms with Crippen LogP contribution in [0.25, 0.3) is 0 Å². The van der Waals surface area contributed by atoms with Gasteiger partial charge in [0.15, 0.2) is 16.7 Å². The Morgan fingerprint density at radius 1 is 1.43 bits per heavy atom. The molecule has 1 atom stereocenters. The molecule has 0 aliphatic carbocycles. The van der Waals surface area contributed by atoms with Crippen LogP contribution in [-0.4, -0.2) is 36.3 Å². The minimum absolute atomic E-state index is 0. The molecule has 4 nitrogen and oxygen atoms in total. The largest absolute Gasteiger partial charge is 0.488 e. The van der Waals surface area contributed by atoms with Gasteiger partial charge in [-0.1, -0.05) is 0 Å². The normalized spacial score (nSPS) is 19.4. The van der Waals surface area contributed by atoms with E-state index in [1.54, 1.807) is 6.20 Å². The van der Waals surface area contributed by atoms with Gasteiger partial charge in [0, 0.05) is 42.9 Å². The van der Waals surface area contributed by atoms with E-state index in [-0.39, 0.29) is 24.2 Å². The van der Waals surface area contributed by atoms with E-state index < -0.39 is 11.6 Å². The van der Waals surface area contributed by atoms with Crippen LogP contribution in [0, 0.1) is 11.6 Å². The van der Waals surface area contributed by atoms with Crippen molar-refractivity contribution in [2.45, 2.75) is 18.9 Å².